The number of aryl methyl sites for hydroxylation is 1. The lowest BCUT2D eigenvalue weighted by atomic mass is 10.1. The number of ether oxygens (including phenoxy) is 1. The van der Waals surface area contributed by atoms with E-state index in [1.54, 1.807) is 25.7 Å². The fourth-order valence-electron chi connectivity index (χ4n) is 1.77. The van der Waals surface area contributed by atoms with E-state index in [0.29, 0.717) is 0 Å². The minimum Gasteiger partial charge on any atom is -0.495 e. The second-order valence-electron chi connectivity index (χ2n) is 3.90. The topological polar surface area (TPSA) is 59.9 Å². The summed E-state index contributed by atoms with van der Waals surface area (Å²) in [5, 5.41) is 3.18. The number of rotatable bonds is 4. The zero-order chi connectivity index (χ0) is 13.0. The van der Waals surface area contributed by atoms with E-state index in [1.165, 1.54) is 0 Å². The zero-order valence-corrected chi connectivity index (χ0v) is 10.7. The number of pyridine rings is 1. The van der Waals surface area contributed by atoms with Gasteiger partial charge in [0, 0.05) is 12.4 Å². The van der Waals surface area contributed by atoms with Gasteiger partial charge in [-0.15, -0.1) is 0 Å². The lowest BCUT2D eigenvalue weighted by Gasteiger charge is -2.17. The van der Waals surface area contributed by atoms with Crippen molar-refractivity contribution < 1.29 is 4.74 Å². The third-order valence-electron chi connectivity index (χ3n) is 2.68. The molecule has 94 valence electrons. The summed E-state index contributed by atoms with van der Waals surface area (Å²) < 4.78 is 5.32. The van der Waals surface area contributed by atoms with Gasteiger partial charge in [0.15, 0.2) is 0 Å². The van der Waals surface area contributed by atoms with Gasteiger partial charge in [-0.25, -0.2) is 0 Å². The van der Waals surface area contributed by atoms with E-state index in [4.69, 9.17) is 4.74 Å². The lowest BCUT2D eigenvalue weighted by molar-refractivity contribution is 0.401. The molecule has 0 aromatic carbocycles. The molecule has 0 aliphatic rings. The average Bonchev–Trinajstić information content (AvgIpc) is 2.42. The van der Waals surface area contributed by atoms with Crippen LogP contribution in [0.5, 0.6) is 5.75 Å². The third kappa shape index (κ3) is 2.46. The molecule has 0 radical (unpaired) electrons. The predicted molar refractivity (Wildman–Crippen MR) is 68.5 cm³/mol. The van der Waals surface area contributed by atoms with Crippen LogP contribution in [0.15, 0.2) is 30.7 Å². The number of nitrogens with one attached hydrogen (secondary N) is 1. The highest BCUT2D eigenvalue weighted by Crippen LogP contribution is 2.25. The minimum atomic E-state index is -0.130. The first kappa shape index (κ1) is 12.4. The maximum atomic E-state index is 5.32. The Morgan fingerprint density at radius 1 is 1.22 bits per heavy atom. The van der Waals surface area contributed by atoms with Crippen LogP contribution < -0.4 is 10.1 Å². The number of aromatic nitrogens is 3. The van der Waals surface area contributed by atoms with Gasteiger partial charge in [0.2, 0.25) is 0 Å². The first-order chi connectivity index (χ1) is 8.76. The molecule has 5 nitrogen and oxygen atoms in total. The van der Waals surface area contributed by atoms with Crippen molar-refractivity contribution in [3.63, 3.8) is 0 Å². The first-order valence-corrected chi connectivity index (χ1v) is 5.71. The predicted octanol–water partition coefficient (Wildman–Crippen LogP) is 1.50. The maximum absolute atomic E-state index is 5.32. The Kier molecular flexibility index (Phi) is 3.84. The fourth-order valence-corrected chi connectivity index (χ4v) is 1.77. The zero-order valence-electron chi connectivity index (χ0n) is 10.7. The highest BCUT2D eigenvalue weighted by atomic mass is 16.5. The van der Waals surface area contributed by atoms with Gasteiger partial charge in [0.25, 0.3) is 0 Å². The van der Waals surface area contributed by atoms with Crippen molar-refractivity contribution in [2.24, 2.45) is 0 Å². The Hall–Kier alpha value is -2.01. The number of hydrogen-bond donors (Lipinski definition) is 1. The van der Waals surface area contributed by atoms with Gasteiger partial charge in [0.1, 0.15) is 11.4 Å². The molecule has 18 heavy (non-hydrogen) atoms. The van der Waals surface area contributed by atoms with Gasteiger partial charge in [-0.05, 0) is 26.1 Å². The van der Waals surface area contributed by atoms with Crippen LogP contribution in [0.1, 0.15) is 23.1 Å². The van der Waals surface area contributed by atoms with Crippen molar-refractivity contribution in [2.45, 2.75) is 13.0 Å². The van der Waals surface area contributed by atoms with Crippen LogP contribution in [0.25, 0.3) is 0 Å². The normalized spacial score (nSPS) is 12.2. The van der Waals surface area contributed by atoms with Crippen LogP contribution in [0.4, 0.5) is 0 Å². The molecule has 0 bridgehead atoms. The van der Waals surface area contributed by atoms with Crippen molar-refractivity contribution in [2.75, 3.05) is 14.2 Å². The molecular formula is C13H16N4O. The molecule has 0 amide bonds. The van der Waals surface area contributed by atoms with Crippen LogP contribution in [0, 0.1) is 6.92 Å². The summed E-state index contributed by atoms with van der Waals surface area (Å²) in [4.78, 5) is 13.0. The quantitative estimate of drug-likeness (QED) is 0.883. The molecule has 5 heteroatoms. The molecular weight excluding hydrogens is 228 g/mol. The van der Waals surface area contributed by atoms with E-state index < -0.39 is 0 Å². The molecule has 2 heterocycles. The summed E-state index contributed by atoms with van der Waals surface area (Å²) in [6, 6.07) is 3.60. The molecule has 1 N–H and O–H groups in total. The highest BCUT2D eigenvalue weighted by molar-refractivity contribution is 5.33. The van der Waals surface area contributed by atoms with Gasteiger partial charge < -0.3 is 10.1 Å². The minimum absolute atomic E-state index is 0.130. The lowest BCUT2D eigenvalue weighted by Crippen LogP contribution is -2.21. The largest absolute Gasteiger partial charge is 0.495 e. The maximum Gasteiger partial charge on any atom is 0.142 e. The van der Waals surface area contributed by atoms with Gasteiger partial charge >= 0.3 is 0 Å². The Morgan fingerprint density at radius 2 is 2.06 bits per heavy atom. The number of nitrogens with zero attached hydrogens (tertiary/aromatic N) is 3. The molecule has 0 aliphatic heterocycles. The van der Waals surface area contributed by atoms with Gasteiger partial charge in [-0.3, -0.25) is 15.0 Å². The van der Waals surface area contributed by atoms with Crippen LogP contribution in [0.3, 0.4) is 0 Å². The molecule has 2 rings (SSSR count). The molecule has 0 fully saturated rings. The van der Waals surface area contributed by atoms with Gasteiger partial charge in [-0.2, -0.15) is 0 Å². The molecule has 0 saturated carbocycles. The number of methoxy groups -OCH3 is 1. The summed E-state index contributed by atoms with van der Waals surface area (Å²) in [6.45, 7) is 1.91. The van der Waals surface area contributed by atoms with Gasteiger partial charge in [0.05, 0.1) is 30.7 Å². The van der Waals surface area contributed by atoms with Crippen LogP contribution >= 0.6 is 0 Å². The summed E-state index contributed by atoms with van der Waals surface area (Å²) >= 11 is 0. The Labute approximate surface area is 106 Å². The molecule has 1 atom stereocenters. The fraction of sp³-hybridized carbons (Fsp3) is 0.308. The molecule has 0 saturated heterocycles. The van der Waals surface area contributed by atoms with Crippen molar-refractivity contribution in [3.05, 3.63) is 47.8 Å². The van der Waals surface area contributed by atoms with E-state index in [2.05, 4.69) is 20.3 Å². The molecule has 1 unspecified atom stereocenters. The third-order valence-corrected chi connectivity index (χ3v) is 2.68. The van der Waals surface area contributed by atoms with Crippen molar-refractivity contribution in [1.29, 1.82) is 0 Å². The summed E-state index contributed by atoms with van der Waals surface area (Å²) in [5.41, 5.74) is 2.52. The summed E-state index contributed by atoms with van der Waals surface area (Å²) in [6.07, 6.45) is 5.24. The van der Waals surface area contributed by atoms with Crippen molar-refractivity contribution >= 4 is 0 Å². The van der Waals surface area contributed by atoms with Crippen molar-refractivity contribution in [1.82, 2.24) is 20.3 Å². The Balaban J connectivity index is 2.41. The monoisotopic (exact) mass is 244 g/mol. The Morgan fingerprint density at radius 3 is 2.67 bits per heavy atom. The SMILES string of the molecule is CNC(c1cnc(C)cn1)c1ncccc1OC. The van der Waals surface area contributed by atoms with E-state index in [-0.39, 0.29) is 6.04 Å². The molecule has 2 aromatic heterocycles. The molecule has 2 aromatic rings. The van der Waals surface area contributed by atoms with Crippen molar-refractivity contribution in [3.8, 4) is 5.75 Å². The second kappa shape index (κ2) is 5.55. The second-order valence-corrected chi connectivity index (χ2v) is 3.90. The van der Waals surface area contributed by atoms with Crippen LogP contribution in [-0.2, 0) is 0 Å². The summed E-state index contributed by atoms with van der Waals surface area (Å²) in [5.74, 6) is 0.735. The van der Waals surface area contributed by atoms with E-state index >= 15 is 0 Å². The van der Waals surface area contributed by atoms with Crippen LogP contribution in [0.2, 0.25) is 0 Å². The molecule has 0 aliphatic carbocycles. The summed E-state index contributed by atoms with van der Waals surface area (Å²) in [7, 11) is 3.49. The Bertz CT molecular complexity index is 513. The average molecular weight is 244 g/mol. The van der Waals surface area contributed by atoms with Crippen LogP contribution in [-0.4, -0.2) is 29.1 Å². The van der Waals surface area contributed by atoms with E-state index in [9.17, 15) is 0 Å². The molecule has 0 spiro atoms. The van der Waals surface area contributed by atoms with Gasteiger partial charge in [-0.1, -0.05) is 0 Å². The smallest absolute Gasteiger partial charge is 0.142 e. The van der Waals surface area contributed by atoms with E-state index in [0.717, 1.165) is 22.8 Å². The standard InChI is InChI=1S/C13H16N4O/c1-9-7-17-10(8-16-9)12(14-2)13-11(18-3)5-4-6-15-13/h4-8,12,14H,1-3H3. The van der Waals surface area contributed by atoms with E-state index in [1.807, 2.05) is 26.1 Å². The first-order valence-electron chi connectivity index (χ1n) is 5.71. The highest BCUT2D eigenvalue weighted by Gasteiger charge is 2.19. The number of hydrogen-bond acceptors (Lipinski definition) is 5.